The van der Waals surface area contributed by atoms with E-state index in [0.29, 0.717) is 15.8 Å². The Kier molecular flexibility index (Phi) is 6.14. The van der Waals surface area contributed by atoms with Crippen molar-refractivity contribution >= 4 is 34.6 Å². The molecular formula is C18H17ClN4O2S. The van der Waals surface area contributed by atoms with Crippen molar-refractivity contribution < 1.29 is 9.59 Å². The molecule has 1 atom stereocenters. The standard InChI is InChI=1S/C18H17ClN4O2S/c19-17-8-7-16(26-17)15(24)6-9-18(25)22-14(10-23-12-20-11-21-23)13-4-2-1-3-5-13/h1-5,7-8,11-12,14H,6,9-10H2,(H,22,25). The molecule has 0 fully saturated rings. The summed E-state index contributed by atoms with van der Waals surface area (Å²) in [5, 5.41) is 7.08. The molecule has 0 radical (unpaired) electrons. The second-order valence-corrected chi connectivity index (χ2v) is 7.39. The number of nitrogens with zero attached hydrogens (tertiary/aromatic N) is 3. The number of halogens is 1. The van der Waals surface area contributed by atoms with Crippen molar-refractivity contribution in [2.24, 2.45) is 0 Å². The van der Waals surface area contributed by atoms with E-state index >= 15 is 0 Å². The van der Waals surface area contributed by atoms with Gasteiger partial charge in [0.1, 0.15) is 12.7 Å². The second-order valence-electron chi connectivity index (χ2n) is 5.68. The number of hydrogen-bond acceptors (Lipinski definition) is 5. The monoisotopic (exact) mass is 388 g/mol. The van der Waals surface area contributed by atoms with Crippen molar-refractivity contribution in [1.82, 2.24) is 20.1 Å². The van der Waals surface area contributed by atoms with Gasteiger partial charge in [0.15, 0.2) is 5.78 Å². The number of nitrogens with one attached hydrogen (secondary N) is 1. The van der Waals surface area contributed by atoms with E-state index in [9.17, 15) is 9.59 Å². The Hall–Kier alpha value is -2.51. The lowest BCUT2D eigenvalue weighted by Gasteiger charge is -2.19. The van der Waals surface area contributed by atoms with Crippen LogP contribution in [0.4, 0.5) is 0 Å². The van der Waals surface area contributed by atoms with Crippen LogP contribution >= 0.6 is 22.9 Å². The third kappa shape index (κ3) is 5.00. The molecule has 2 heterocycles. The number of benzene rings is 1. The zero-order valence-electron chi connectivity index (χ0n) is 13.8. The van der Waals surface area contributed by atoms with Gasteiger partial charge in [0.2, 0.25) is 5.91 Å². The van der Waals surface area contributed by atoms with E-state index in [0.717, 1.165) is 5.56 Å². The van der Waals surface area contributed by atoms with Crippen LogP contribution in [0.1, 0.15) is 34.1 Å². The van der Waals surface area contributed by atoms with Gasteiger partial charge in [-0.2, -0.15) is 5.10 Å². The molecule has 0 aliphatic rings. The molecule has 0 aliphatic carbocycles. The second kappa shape index (κ2) is 8.73. The van der Waals surface area contributed by atoms with E-state index in [1.54, 1.807) is 23.1 Å². The number of carbonyl (C=O) groups is 2. The van der Waals surface area contributed by atoms with Crippen LogP contribution in [0.15, 0.2) is 55.1 Å². The summed E-state index contributed by atoms with van der Waals surface area (Å²) in [6, 6.07) is 12.8. The highest BCUT2D eigenvalue weighted by molar-refractivity contribution is 7.18. The Morgan fingerprint density at radius 3 is 2.62 bits per heavy atom. The number of thiophene rings is 1. The number of amides is 1. The van der Waals surface area contributed by atoms with Crippen molar-refractivity contribution in [3.63, 3.8) is 0 Å². The van der Waals surface area contributed by atoms with E-state index in [2.05, 4.69) is 15.4 Å². The highest BCUT2D eigenvalue weighted by Gasteiger charge is 2.17. The van der Waals surface area contributed by atoms with Gasteiger partial charge in [-0.15, -0.1) is 11.3 Å². The van der Waals surface area contributed by atoms with E-state index < -0.39 is 0 Å². The first-order chi connectivity index (χ1) is 12.6. The summed E-state index contributed by atoms with van der Waals surface area (Å²) in [6.07, 6.45) is 3.32. The molecule has 1 unspecified atom stereocenters. The first-order valence-corrected chi connectivity index (χ1v) is 9.26. The maximum Gasteiger partial charge on any atom is 0.220 e. The van der Waals surface area contributed by atoms with Crippen LogP contribution in [0.2, 0.25) is 4.34 Å². The smallest absolute Gasteiger partial charge is 0.220 e. The summed E-state index contributed by atoms with van der Waals surface area (Å²) < 4.78 is 2.23. The normalized spacial score (nSPS) is 11.9. The fourth-order valence-electron chi connectivity index (χ4n) is 2.51. The lowest BCUT2D eigenvalue weighted by Crippen LogP contribution is -2.31. The molecule has 1 amide bonds. The maximum absolute atomic E-state index is 12.4. The number of hydrogen-bond donors (Lipinski definition) is 1. The predicted molar refractivity (Wildman–Crippen MR) is 100 cm³/mol. The molecule has 0 aliphatic heterocycles. The van der Waals surface area contributed by atoms with Crippen molar-refractivity contribution in [1.29, 1.82) is 0 Å². The Bertz CT molecular complexity index is 864. The molecule has 26 heavy (non-hydrogen) atoms. The Labute approximate surface area is 159 Å². The molecular weight excluding hydrogens is 372 g/mol. The van der Waals surface area contributed by atoms with Crippen LogP contribution in [-0.4, -0.2) is 26.5 Å². The molecule has 1 N–H and O–H groups in total. The van der Waals surface area contributed by atoms with E-state index in [-0.39, 0.29) is 30.6 Å². The van der Waals surface area contributed by atoms with Gasteiger partial charge in [0.05, 0.1) is 21.8 Å². The van der Waals surface area contributed by atoms with Crippen LogP contribution in [0.3, 0.4) is 0 Å². The topological polar surface area (TPSA) is 76.9 Å². The minimum absolute atomic E-state index is 0.0791. The largest absolute Gasteiger partial charge is 0.347 e. The fraction of sp³-hybridized carbons (Fsp3) is 0.222. The van der Waals surface area contributed by atoms with Gasteiger partial charge in [-0.3, -0.25) is 14.3 Å². The van der Waals surface area contributed by atoms with Crippen LogP contribution in [0.25, 0.3) is 0 Å². The molecule has 134 valence electrons. The molecule has 2 aromatic heterocycles. The molecule has 0 saturated carbocycles. The molecule has 0 bridgehead atoms. The number of aromatic nitrogens is 3. The van der Waals surface area contributed by atoms with Crippen LogP contribution < -0.4 is 5.32 Å². The molecule has 3 aromatic rings. The minimum Gasteiger partial charge on any atom is -0.347 e. The van der Waals surface area contributed by atoms with Gasteiger partial charge in [-0.25, -0.2) is 4.98 Å². The average Bonchev–Trinajstić information content (AvgIpc) is 3.31. The molecule has 0 saturated heterocycles. The lowest BCUT2D eigenvalue weighted by molar-refractivity contribution is -0.121. The van der Waals surface area contributed by atoms with Gasteiger partial charge >= 0.3 is 0 Å². The van der Waals surface area contributed by atoms with Crippen molar-refractivity contribution in [2.75, 3.05) is 0 Å². The first kappa shape index (κ1) is 18.3. The highest BCUT2D eigenvalue weighted by Crippen LogP contribution is 2.23. The SMILES string of the molecule is O=C(CCC(=O)c1ccc(Cl)s1)NC(Cn1cncn1)c1ccccc1. The predicted octanol–water partition coefficient (Wildman–Crippen LogP) is 3.51. The number of carbonyl (C=O) groups excluding carboxylic acids is 2. The summed E-state index contributed by atoms with van der Waals surface area (Å²) in [4.78, 5) is 29.0. The maximum atomic E-state index is 12.4. The minimum atomic E-state index is -0.253. The van der Waals surface area contributed by atoms with Gasteiger partial charge in [0.25, 0.3) is 0 Å². The third-order valence-corrected chi connectivity index (χ3v) is 5.07. The summed E-state index contributed by atoms with van der Waals surface area (Å²) >= 11 is 7.07. The van der Waals surface area contributed by atoms with E-state index in [1.165, 1.54) is 17.7 Å². The summed E-state index contributed by atoms with van der Waals surface area (Å²) in [6.45, 7) is 0.463. The summed E-state index contributed by atoms with van der Waals surface area (Å²) in [5.74, 6) is -0.264. The summed E-state index contributed by atoms with van der Waals surface area (Å²) in [5.41, 5.74) is 0.965. The summed E-state index contributed by atoms with van der Waals surface area (Å²) in [7, 11) is 0. The van der Waals surface area contributed by atoms with Crippen LogP contribution in [0.5, 0.6) is 0 Å². The van der Waals surface area contributed by atoms with Crippen molar-refractivity contribution in [3.8, 4) is 0 Å². The number of Topliss-reactive ketones (excluding diaryl/α,β-unsaturated/α-hetero) is 1. The van der Waals surface area contributed by atoms with Crippen molar-refractivity contribution in [3.05, 3.63) is 69.9 Å². The molecule has 8 heteroatoms. The fourth-order valence-corrected chi connectivity index (χ4v) is 3.53. The van der Waals surface area contributed by atoms with Gasteiger partial charge in [-0.1, -0.05) is 41.9 Å². The zero-order chi connectivity index (χ0) is 18.4. The molecule has 6 nitrogen and oxygen atoms in total. The zero-order valence-corrected chi connectivity index (χ0v) is 15.4. The van der Waals surface area contributed by atoms with E-state index in [1.807, 2.05) is 30.3 Å². The Morgan fingerprint density at radius 2 is 1.96 bits per heavy atom. The molecule has 0 spiro atoms. The Balaban J connectivity index is 1.60. The first-order valence-electron chi connectivity index (χ1n) is 8.07. The third-order valence-electron chi connectivity index (χ3n) is 3.80. The van der Waals surface area contributed by atoms with E-state index in [4.69, 9.17) is 11.6 Å². The number of ketones is 1. The van der Waals surface area contributed by atoms with Crippen LogP contribution in [0, 0.1) is 0 Å². The van der Waals surface area contributed by atoms with Crippen LogP contribution in [-0.2, 0) is 11.3 Å². The van der Waals surface area contributed by atoms with Gasteiger partial charge in [-0.05, 0) is 17.7 Å². The average molecular weight is 389 g/mol. The molecule has 3 rings (SSSR count). The van der Waals surface area contributed by atoms with Crippen molar-refractivity contribution in [2.45, 2.75) is 25.4 Å². The highest BCUT2D eigenvalue weighted by atomic mass is 35.5. The Morgan fingerprint density at radius 1 is 1.15 bits per heavy atom. The van der Waals surface area contributed by atoms with Gasteiger partial charge in [0, 0.05) is 12.8 Å². The quantitative estimate of drug-likeness (QED) is 0.599. The molecule has 1 aromatic carbocycles. The van der Waals surface area contributed by atoms with Gasteiger partial charge < -0.3 is 5.32 Å². The number of rotatable bonds is 8. The lowest BCUT2D eigenvalue weighted by atomic mass is 10.1.